The Hall–Kier alpha value is -3.68. The molecular weight excluding hydrogens is 466 g/mol. The molecule has 0 spiro atoms. The summed E-state index contributed by atoms with van der Waals surface area (Å²) in [6.45, 7) is 4.71. The third-order valence-corrected chi connectivity index (χ3v) is 7.23. The normalized spacial score (nSPS) is 15.9. The van der Waals surface area contributed by atoms with Crippen LogP contribution in [0.1, 0.15) is 37.1 Å². The van der Waals surface area contributed by atoms with E-state index in [1.165, 1.54) is 16.3 Å². The number of likely N-dealkylation sites (tertiary alicyclic amines) is 1. The van der Waals surface area contributed by atoms with Crippen LogP contribution < -0.4 is 4.74 Å². The molecule has 3 heterocycles. The maximum Gasteiger partial charge on any atom is 0.283 e. The number of rotatable bonds is 8. The van der Waals surface area contributed by atoms with E-state index in [9.17, 15) is 5.11 Å². The highest BCUT2D eigenvalue weighted by Gasteiger charge is 2.23. The molecule has 0 unspecified atom stereocenters. The van der Waals surface area contributed by atoms with Crippen LogP contribution in [0.2, 0.25) is 0 Å². The third-order valence-electron chi connectivity index (χ3n) is 7.23. The molecule has 0 amide bonds. The molecule has 3 aromatic carbocycles. The summed E-state index contributed by atoms with van der Waals surface area (Å²) in [5.74, 6) is 2.65. The van der Waals surface area contributed by atoms with Gasteiger partial charge in [-0.15, -0.1) is 10.2 Å². The predicted molar refractivity (Wildman–Crippen MR) is 143 cm³/mol. The van der Waals surface area contributed by atoms with Crippen molar-refractivity contribution in [3.8, 4) is 17.4 Å². The van der Waals surface area contributed by atoms with Gasteiger partial charge in [-0.25, -0.2) is 0 Å². The average Bonchev–Trinajstić information content (AvgIpc) is 3.59. The summed E-state index contributed by atoms with van der Waals surface area (Å²) in [6, 6.07) is 22.8. The van der Waals surface area contributed by atoms with Crippen LogP contribution in [0.4, 0.5) is 0 Å². The first-order valence-corrected chi connectivity index (χ1v) is 13.0. The minimum absolute atomic E-state index is 0.213. The molecule has 1 atom stereocenters. The third kappa shape index (κ3) is 5.10. The van der Waals surface area contributed by atoms with Crippen molar-refractivity contribution < 1.29 is 18.7 Å². The zero-order chi connectivity index (χ0) is 25.2. The van der Waals surface area contributed by atoms with E-state index in [0.717, 1.165) is 31.3 Å². The SMILES string of the molecule is CCc1nnc(-c2cc3c(OC[C@@H](O)CN4CCC(c5ccc6ccccc6c5)CC4)cccc3o2)o1. The number of aromatic nitrogens is 2. The molecule has 1 aliphatic heterocycles. The number of piperidine rings is 1. The standard InChI is InChI=1S/C30H31N3O4/c1-2-29-31-32-30(37-29)28-17-25-26(8-5-9-27(25)36-28)35-19-24(34)18-33-14-12-21(13-15-33)23-11-10-20-6-3-4-7-22(20)16-23/h3-11,16-17,21,24,34H,2,12-15,18-19H2,1H3/t24-/m0/s1. The summed E-state index contributed by atoms with van der Waals surface area (Å²) in [6.07, 6.45) is 2.28. The molecule has 1 aliphatic rings. The second-order valence-corrected chi connectivity index (χ2v) is 9.78. The Morgan fingerprint density at radius 3 is 2.62 bits per heavy atom. The number of furan rings is 1. The Labute approximate surface area is 215 Å². The van der Waals surface area contributed by atoms with Gasteiger partial charge in [0.2, 0.25) is 5.89 Å². The lowest BCUT2D eigenvalue weighted by atomic mass is 9.88. The van der Waals surface area contributed by atoms with Gasteiger partial charge >= 0.3 is 0 Å². The quantitative estimate of drug-likeness (QED) is 0.289. The Bertz CT molecular complexity index is 1500. The van der Waals surface area contributed by atoms with Crippen molar-refractivity contribution >= 4 is 21.7 Å². The zero-order valence-electron chi connectivity index (χ0n) is 21.0. The van der Waals surface area contributed by atoms with Gasteiger partial charge in [0.15, 0.2) is 5.76 Å². The van der Waals surface area contributed by atoms with Crippen LogP contribution in [0.15, 0.2) is 75.6 Å². The molecule has 7 heteroatoms. The predicted octanol–water partition coefficient (Wildman–Crippen LogP) is 5.82. The highest BCUT2D eigenvalue weighted by atomic mass is 16.5. The van der Waals surface area contributed by atoms with Crippen LogP contribution in [0, 0.1) is 0 Å². The second kappa shape index (κ2) is 10.4. The van der Waals surface area contributed by atoms with Crippen molar-refractivity contribution in [1.29, 1.82) is 0 Å². The first-order chi connectivity index (χ1) is 18.2. The molecule has 5 aromatic rings. The van der Waals surface area contributed by atoms with Crippen LogP contribution in [0.25, 0.3) is 33.4 Å². The summed E-state index contributed by atoms with van der Waals surface area (Å²) >= 11 is 0. The lowest BCUT2D eigenvalue weighted by molar-refractivity contribution is 0.0599. The van der Waals surface area contributed by atoms with Crippen molar-refractivity contribution in [2.24, 2.45) is 0 Å². The minimum Gasteiger partial charge on any atom is -0.490 e. The van der Waals surface area contributed by atoms with Crippen LogP contribution in [0.5, 0.6) is 5.75 Å². The monoisotopic (exact) mass is 497 g/mol. The van der Waals surface area contributed by atoms with Gasteiger partial charge in [-0.05, 0) is 60.3 Å². The fourth-order valence-electron chi connectivity index (χ4n) is 5.21. The van der Waals surface area contributed by atoms with Crippen LogP contribution in [-0.4, -0.2) is 52.5 Å². The number of aliphatic hydroxyl groups is 1. The molecule has 1 saturated heterocycles. The summed E-state index contributed by atoms with van der Waals surface area (Å²) in [5, 5.41) is 22.2. The molecule has 0 radical (unpaired) electrons. The topological polar surface area (TPSA) is 84.8 Å². The van der Waals surface area contributed by atoms with Gasteiger partial charge in [-0.3, -0.25) is 0 Å². The summed E-state index contributed by atoms with van der Waals surface area (Å²) in [4.78, 5) is 2.34. The molecule has 0 bridgehead atoms. The smallest absolute Gasteiger partial charge is 0.283 e. The van der Waals surface area contributed by atoms with E-state index in [1.54, 1.807) is 0 Å². The van der Waals surface area contributed by atoms with Gasteiger partial charge in [-0.1, -0.05) is 55.5 Å². The highest BCUT2D eigenvalue weighted by Crippen LogP contribution is 2.33. The number of benzene rings is 3. The van der Waals surface area contributed by atoms with Gasteiger partial charge in [-0.2, -0.15) is 0 Å². The molecule has 190 valence electrons. The van der Waals surface area contributed by atoms with Crippen molar-refractivity contribution in [2.75, 3.05) is 26.2 Å². The Morgan fingerprint density at radius 1 is 0.973 bits per heavy atom. The molecule has 2 aromatic heterocycles. The average molecular weight is 498 g/mol. The first-order valence-electron chi connectivity index (χ1n) is 13.0. The van der Waals surface area contributed by atoms with Crippen molar-refractivity contribution in [3.63, 3.8) is 0 Å². The van der Waals surface area contributed by atoms with E-state index in [2.05, 4.69) is 57.6 Å². The molecular formula is C30H31N3O4. The molecule has 6 rings (SSSR count). The summed E-state index contributed by atoms with van der Waals surface area (Å²) in [7, 11) is 0. The number of hydrogen-bond acceptors (Lipinski definition) is 7. The van der Waals surface area contributed by atoms with E-state index in [1.807, 2.05) is 31.2 Å². The van der Waals surface area contributed by atoms with E-state index >= 15 is 0 Å². The molecule has 7 nitrogen and oxygen atoms in total. The largest absolute Gasteiger partial charge is 0.490 e. The van der Waals surface area contributed by atoms with Gasteiger partial charge in [0.1, 0.15) is 24.0 Å². The number of nitrogens with zero attached hydrogens (tertiary/aromatic N) is 3. The number of aryl methyl sites for hydroxylation is 1. The zero-order valence-corrected chi connectivity index (χ0v) is 21.0. The van der Waals surface area contributed by atoms with E-state index in [0.29, 0.717) is 47.8 Å². The maximum absolute atomic E-state index is 10.7. The lowest BCUT2D eigenvalue weighted by Gasteiger charge is -2.33. The van der Waals surface area contributed by atoms with Gasteiger partial charge in [0.05, 0.1) is 5.39 Å². The van der Waals surface area contributed by atoms with Gasteiger partial charge < -0.3 is 23.6 Å². The van der Waals surface area contributed by atoms with Gasteiger partial charge in [0, 0.05) is 19.0 Å². The number of aliphatic hydroxyl groups excluding tert-OH is 1. The Kier molecular flexibility index (Phi) is 6.64. The van der Waals surface area contributed by atoms with E-state index < -0.39 is 6.10 Å². The molecule has 0 saturated carbocycles. The number of ether oxygens (including phenoxy) is 1. The van der Waals surface area contributed by atoms with Crippen LogP contribution in [0.3, 0.4) is 0 Å². The summed E-state index contributed by atoms with van der Waals surface area (Å²) in [5.41, 5.74) is 2.09. The molecule has 37 heavy (non-hydrogen) atoms. The fourth-order valence-corrected chi connectivity index (χ4v) is 5.21. The van der Waals surface area contributed by atoms with Crippen LogP contribution in [-0.2, 0) is 6.42 Å². The Morgan fingerprint density at radius 2 is 1.81 bits per heavy atom. The lowest BCUT2D eigenvalue weighted by Crippen LogP contribution is -2.40. The van der Waals surface area contributed by atoms with Gasteiger partial charge in [0.25, 0.3) is 5.89 Å². The second-order valence-electron chi connectivity index (χ2n) is 9.78. The van der Waals surface area contributed by atoms with Crippen molar-refractivity contribution in [1.82, 2.24) is 15.1 Å². The van der Waals surface area contributed by atoms with Crippen LogP contribution >= 0.6 is 0 Å². The van der Waals surface area contributed by atoms with E-state index in [-0.39, 0.29) is 6.61 Å². The molecule has 0 aliphatic carbocycles. The van der Waals surface area contributed by atoms with Crippen molar-refractivity contribution in [2.45, 2.75) is 38.2 Å². The number of β-amino-alcohol motifs (C(OH)–C–C–N with tert-alkyl or cyclic N) is 1. The highest BCUT2D eigenvalue weighted by molar-refractivity contribution is 5.87. The summed E-state index contributed by atoms with van der Waals surface area (Å²) < 4.78 is 17.6. The number of fused-ring (bicyclic) bond motifs is 2. The van der Waals surface area contributed by atoms with Crippen molar-refractivity contribution in [3.05, 3.63) is 78.2 Å². The Balaban J connectivity index is 1.04. The minimum atomic E-state index is -0.582. The fraction of sp³-hybridized carbons (Fsp3) is 0.333. The molecule has 1 N–H and O–H groups in total. The molecule has 1 fully saturated rings. The first kappa shape index (κ1) is 23.7. The number of hydrogen-bond donors (Lipinski definition) is 1. The maximum atomic E-state index is 10.7. The van der Waals surface area contributed by atoms with E-state index in [4.69, 9.17) is 13.6 Å².